The first-order chi connectivity index (χ1) is 6.93. The zero-order chi connectivity index (χ0) is 11.6. The number of nitrogens with two attached hydrogens (primary N) is 1. The van der Waals surface area contributed by atoms with Crippen molar-refractivity contribution in [3.05, 3.63) is 15.4 Å². The maximum Gasteiger partial charge on any atom is 0.212 e. The molecule has 0 aliphatic rings. The molecule has 0 saturated carbocycles. The van der Waals surface area contributed by atoms with E-state index in [-0.39, 0.29) is 6.17 Å². The van der Waals surface area contributed by atoms with Crippen molar-refractivity contribution in [1.29, 1.82) is 0 Å². The Labute approximate surface area is 94.2 Å². The maximum absolute atomic E-state index is 5.90. The smallest absolute Gasteiger partial charge is 0.212 e. The quantitative estimate of drug-likeness (QED) is 0.608. The minimum Gasteiger partial charge on any atom is -0.311 e. The molecule has 84 valence electrons. The van der Waals surface area contributed by atoms with Crippen LogP contribution in [0.5, 0.6) is 0 Å². The first kappa shape index (κ1) is 12.1. The average Bonchev–Trinajstić information content (AvgIpc) is 2.39. The summed E-state index contributed by atoms with van der Waals surface area (Å²) in [4.78, 5) is 2.09. The molecule has 0 saturated heterocycles. The lowest BCUT2D eigenvalue weighted by molar-refractivity contribution is 0.540. The lowest BCUT2D eigenvalue weighted by Crippen LogP contribution is -2.25. The van der Waals surface area contributed by atoms with Gasteiger partial charge < -0.3 is 10.3 Å². The molecule has 1 unspecified atom stereocenters. The molecule has 1 rings (SSSR count). The number of hydrogen-bond donors (Lipinski definition) is 1. The van der Waals surface area contributed by atoms with Gasteiger partial charge in [-0.15, -0.1) is 16.4 Å². The van der Waals surface area contributed by atoms with Gasteiger partial charge in [0.1, 0.15) is 0 Å². The molecule has 0 aliphatic heterocycles. The van der Waals surface area contributed by atoms with Crippen LogP contribution in [0.25, 0.3) is 0 Å². The van der Waals surface area contributed by atoms with E-state index in [0.717, 1.165) is 16.2 Å². The summed E-state index contributed by atoms with van der Waals surface area (Å²) in [6, 6.07) is 0. The fraction of sp³-hybridized carbons (Fsp3) is 0.600. The van der Waals surface area contributed by atoms with Crippen LogP contribution in [0, 0.1) is 13.8 Å². The van der Waals surface area contributed by atoms with Crippen molar-refractivity contribution in [2.75, 3.05) is 0 Å². The van der Waals surface area contributed by atoms with Gasteiger partial charge in [-0.1, -0.05) is 0 Å². The number of thiazole rings is 1. The van der Waals surface area contributed by atoms with Crippen LogP contribution in [0.15, 0.2) is 10.2 Å². The molecule has 0 spiro atoms. The van der Waals surface area contributed by atoms with Crippen LogP contribution in [0.2, 0.25) is 0 Å². The SMILES string of the molecule is CC(C)=N/N=c1\sc(C)c(C)n1C(C)N. The van der Waals surface area contributed by atoms with Gasteiger partial charge in [-0.2, -0.15) is 5.10 Å². The van der Waals surface area contributed by atoms with Crippen molar-refractivity contribution >= 4 is 17.0 Å². The Hall–Kier alpha value is -0.940. The third-order valence-corrected chi connectivity index (χ3v) is 3.13. The van der Waals surface area contributed by atoms with Crippen molar-refractivity contribution in [2.45, 2.75) is 40.8 Å². The van der Waals surface area contributed by atoms with Gasteiger partial charge in [0.05, 0.1) is 6.17 Å². The Morgan fingerprint density at radius 3 is 2.47 bits per heavy atom. The molecule has 0 bridgehead atoms. The Bertz CT molecular complexity index is 433. The molecule has 1 atom stereocenters. The average molecular weight is 226 g/mol. The summed E-state index contributed by atoms with van der Waals surface area (Å²) in [5.41, 5.74) is 8.00. The molecule has 0 aromatic carbocycles. The largest absolute Gasteiger partial charge is 0.311 e. The van der Waals surface area contributed by atoms with E-state index in [1.807, 2.05) is 25.3 Å². The molecule has 15 heavy (non-hydrogen) atoms. The van der Waals surface area contributed by atoms with Crippen LogP contribution in [0.1, 0.15) is 37.5 Å². The highest BCUT2D eigenvalue weighted by atomic mass is 32.1. The van der Waals surface area contributed by atoms with E-state index in [4.69, 9.17) is 5.73 Å². The van der Waals surface area contributed by atoms with Gasteiger partial charge >= 0.3 is 0 Å². The van der Waals surface area contributed by atoms with Gasteiger partial charge in [0, 0.05) is 16.3 Å². The maximum atomic E-state index is 5.90. The molecule has 0 radical (unpaired) electrons. The molecule has 1 heterocycles. The predicted molar refractivity (Wildman–Crippen MR) is 65.0 cm³/mol. The minimum absolute atomic E-state index is 0.0685. The summed E-state index contributed by atoms with van der Waals surface area (Å²) < 4.78 is 2.01. The number of hydrogen-bond acceptors (Lipinski definition) is 4. The van der Waals surface area contributed by atoms with E-state index in [2.05, 4.69) is 24.1 Å². The van der Waals surface area contributed by atoms with Gasteiger partial charge in [0.15, 0.2) is 0 Å². The Kier molecular flexibility index (Phi) is 3.82. The third-order valence-electron chi connectivity index (χ3n) is 2.06. The predicted octanol–water partition coefficient (Wildman–Crippen LogP) is 1.94. The van der Waals surface area contributed by atoms with E-state index in [1.54, 1.807) is 11.3 Å². The Morgan fingerprint density at radius 2 is 2.00 bits per heavy atom. The van der Waals surface area contributed by atoms with E-state index in [9.17, 15) is 0 Å². The van der Waals surface area contributed by atoms with Crippen molar-refractivity contribution in [2.24, 2.45) is 15.9 Å². The molecule has 4 nitrogen and oxygen atoms in total. The summed E-state index contributed by atoms with van der Waals surface area (Å²) in [5, 5.41) is 8.27. The van der Waals surface area contributed by atoms with Crippen LogP contribution < -0.4 is 10.5 Å². The normalized spacial score (nSPS) is 14.1. The standard InChI is InChI=1S/C10H18N4S/c1-6(2)12-13-10-14(9(5)11)7(3)8(4)15-10/h9H,11H2,1-5H3/b13-10-. The van der Waals surface area contributed by atoms with Gasteiger partial charge in [-0.3, -0.25) is 0 Å². The molecule has 5 heteroatoms. The molecule has 0 aliphatic carbocycles. The van der Waals surface area contributed by atoms with Crippen molar-refractivity contribution in [3.63, 3.8) is 0 Å². The molecular formula is C10H18N4S. The first-order valence-electron chi connectivity index (χ1n) is 4.92. The van der Waals surface area contributed by atoms with Crippen LogP contribution in [0.4, 0.5) is 0 Å². The second-order valence-electron chi connectivity index (χ2n) is 3.78. The zero-order valence-corrected chi connectivity index (χ0v) is 10.7. The summed E-state index contributed by atoms with van der Waals surface area (Å²) in [6.07, 6.45) is -0.0685. The summed E-state index contributed by atoms with van der Waals surface area (Å²) in [5.74, 6) is 0. The highest BCUT2D eigenvalue weighted by Gasteiger charge is 2.08. The lowest BCUT2D eigenvalue weighted by atomic mass is 10.4. The van der Waals surface area contributed by atoms with Gasteiger partial charge in [-0.05, 0) is 34.6 Å². The monoisotopic (exact) mass is 226 g/mol. The molecule has 2 N–H and O–H groups in total. The third kappa shape index (κ3) is 2.76. The molecule has 1 aromatic rings. The minimum atomic E-state index is -0.0685. The van der Waals surface area contributed by atoms with Crippen LogP contribution in [-0.2, 0) is 0 Å². The Morgan fingerprint density at radius 1 is 1.40 bits per heavy atom. The van der Waals surface area contributed by atoms with E-state index in [0.29, 0.717) is 0 Å². The van der Waals surface area contributed by atoms with Gasteiger partial charge in [-0.25, -0.2) is 0 Å². The van der Waals surface area contributed by atoms with Crippen LogP contribution in [-0.4, -0.2) is 10.3 Å². The highest BCUT2D eigenvalue weighted by molar-refractivity contribution is 7.09. The second-order valence-corrected chi connectivity index (χ2v) is 4.97. The number of rotatable bonds is 2. The number of aromatic nitrogens is 1. The molecule has 0 fully saturated rings. The van der Waals surface area contributed by atoms with Crippen molar-refractivity contribution in [1.82, 2.24) is 4.57 Å². The zero-order valence-electron chi connectivity index (χ0n) is 9.90. The highest BCUT2D eigenvalue weighted by Crippen LogP contribution is 2.12. The fourth-order valence-corrected chi connectivity index (χ4v) is 2.27. The summed E-state index contributed by atoms with van der Waals surface area (Å²) in [6.45, 7) is 9.91. The summed E-state index contributed by atoms with van der Waals surface area (Å²) >= 11 is 1.62. The topological polar surface area (TPSA) is 55.7 Å². The van der Waals surface area contributed by atoms with Crippen LogP contribution in [0.3, 0.4) is 0 Å². The number of aryl methyl sites for hydroxylation is 1. The molecule has 0 amide bonds. The van der Waals surface area contributed by atoms with E-state index in [1.165, 1.54) is 4.88 Å². The Balaban J connectivity index is 3.36. The van der Waals surface area contributed by atoms with Crippen LogP contribution >= 0.6 is 11.3 Å². The van der Waals surface area contributed by atoms with Gasteiger partial charge in [0.25, 0.3) is 0 Å². The fourth-order valence-electron chi connectivity index (χ4n) is 1.26. The second kappa shape index (κ2) is 4.72. The molecular weight excluding hydrogens is 208 g/mol. The number of nitrogens with zero attached hydrogens (tertiary/aromatic N) is 3. The lowest BCUT2D eigenvalue weighted by Gasteiger charge is -2.09. The van der Waals surface area contributed by atoms with Crippen molar-refractivity contribution < 1.29 is 0 Å². The van der Waals surface area contributed by atoms with E-state index < -0.39 is 0 Å². The van der Waals surface area contributed by atoms with Gasteiger partial charge in [0.2, 0.25) is 4.80 Å². The molecule has 1 aromatic heterocycles. The summed E-state index contributed by atoms with van der Waals surface area (Å²) in [7, 11) is 0. The first-order valence-corrected chi connectivity index (χ1v) is 5.74. The van der Waals surface area contributed by atoms with E-state index >= 15 is 0 Å². The van der Waals surface area contributed by atoms with Crippen molar-refractivity contribution in [3.8, 4) is 0 Å².